The van der Waals surface area contributed by atoms with Crippen molar-refractivity contribution in [2.75, 3.05) is 18.6 Å². The molecule has 1 spiro atoms. The molecular weight excluding hydrogens is 280 g/mol. The van der Waals surface area contributed by atoms with Gasteiger partial charge < -0.3 is 9.47 Å². The summed E-state index contributed by atoms with van der Waals surface area (Å²) in [5.41, 5.74) is -0.0475. The van der Waals surface area contributed by atoms with Crippen LogP contribution in [0, 0.1) is 5.92 Å². The first-order chi connectivity index (χ1) is 9.36. The van der Waals surface area contributed by atoms with Gasteiger partial charge in [0.25, 0.3) is 0 Å². The van der Waals surface area contributed by atoms with Gasteiger partial charge in [0.2, 0.25) is 0 Å². The number of ether oxygens (including phenoxy) is 2. The monoisotopic (exact) mass is 304 g/mol. The number of sulfone groups is 1. The Morgan fingerprint density at radius 1 is 1.35 bits per heavy atom. The Morgan fingerprint density at radius 3 is 2.60 bits per heavy atom. The van der Waals surface area contributed by atoms with Gasteiger partial charge in [0, 0.05) is 0 Å². The number of hydrogen-bond donors (Lipinski definition) is 0. The van der Waals surface area contributed by atoms with Crippen LogP contribution in [0.5, 0.6) is 0 Å². The molecule has 2 aliphatic rings. The highest BCUT2D eigenvalue weighted by molar-refractivity contribution is 7.91. The molecule has 20 heavy (non-hydrogen) atoms. The van der Waals surface area contributed by atoms with Gasteiger partial charge in [-0.25, -0.2) is 8.42 Å². The quantitative estimate of drug-likeness (QED) is 0.723. The maximum atomic E-state index is 12.1. The molecule has 116 valence electrons. The summed E-state index contributed by atoms with van der Waals surface area (Å²) in [4.78, 5) is 11.3. The molecule has 0 amide bonds. The van der Waals surface area contributed by atoms with E-state index >= 15 is 0 Å². The molecule has 2 unspecified atom stereocenters. The van der Waals surface area contributed by atoms with Crippen molar-refractivity contribution in [3.63, 3.8) is 0 Å². The number of carbonyl (C=O) groups is 1. The average Bonchev–Trinajstić information content (AvgIpc) is 2.98. The van der Waals surface area contributed by atoms with Gasteiger partial charge in [-0.05, 0) is 25.7 Å². The summed E-state index contributed by atoms with van der Waals surface area (Å²) >= 11 is 0. The molecule has 1 saturated heterocycles. The normalized spacial score (nSPS) is 26.8. The fourth-order valence-corrected chi connectivity index (χ4v) is 5.24. The first-order valence-electron chi connectivity index (χ1n) is 7.32. The van der Waals surface area contributed by atoms with Crippen molar-refractivity contribution in [1.82, 2.24) is 0 Å². The van der Waals surface area contributed by atoms with Crippen LogP contribution >= 0.6 is 0 Å². The molecule has 6 heteroatoms. The van der Waals surface area contributed by atoms with Crippen LogP contribution in [0.4, 0.5) is 0 Å². The van der Waals surface area contributed by atoms with Gasteiger partial charge in [-0.2, -0.15) is 0 Å². The third kappa shape index (κ3) is 3.73. The topological polar surface area (TPSA) is 69.7 Å². The minimum atomic E-state index is -3.29. The highest BCUT2D eigenvalue weighted by Crippen LogP contribution is 2.43. The van der Waals surface area contributed by atoms with E-state index in [2.05, 4.69) is 4.74 Å². The Kier molecular flexibility index (Phi) is 4.74. The summed E-state index contributed by atoms with van der Waals surface area (Å²) in [5.74, 6) is -1.23. The lowest BCUT2D eigenvalue weighted by molar-refractivity contribution is -0.144. The second-order valence-corrected chi connectivity index (χ2v) is 8.32. The zero-order valence-electron chi connectivity index (χ0n) is 12.3. The van der Waals surface area contributed by atoms with Crippen LogP contribution in [0.25, 0.3) is 0 Å². The van der Waals surface area contributed by atoms with Crippen LogP contribution in [0.1, 0.15) is 45.4 Å². The molecule has 0 aromatic rings. The predicted octanol–water partition coefficient (Wildman–Crippen LogP) is 1.70. The lowest BCUT2D eigenvalue weighted by Crippen LogP contribution is -2.31. The molecule has 0 radical (unpaired) electrons. The van der Waals surface area contributed by atoms with Crippen molar-refractivity contribution in [2.24, 2.45) is 5.92 Å². The number of esters is 1. The van der Waals surface area contributed by atoms with Gasteiger partial charge in [-0.1, -0.05) is 19.8 Å². The largest absolute Gasteiger partial charge is 0.469 e. The molecule has 2 rings (SSSR count). The summed E-state index contributed by atoms with van der Waals surface area (Å²) in [5, 5.41) is 0. The van der Waals surface area contributed by atoms with Gasteiger partial charge in [0.1, 0.15) is 0 Å². The third-order valence-corrected chi connectivity index (χ3v) is 6.29. The Labute approximate surface area is 120 Å². The Hall–Kier alpha value is -0.620. The van der Waals surface area contributed by atoms with Crippen molar-refractivity contribution < 1.29 is 22.7 Å². The second-order valence-electron chi connectivity index (χ2n) is 6.17. The van der Waals surface area contributed by atoms with Crippen LogP contribution in [0.2, 0.25) is 0 Å². The predicted molar refractivity (Wildman–Crippen MR) is 75.1 cm³/mol. The van der Waals surface area contributed by atoms with E-state index in [0.717, 1.165) is 25.7 Å². The van der Waals surface area contributed by atoms with E-state index in [1.54, 1.807) is 6.92 Å². The van der Waals surface area contributed by atoms with Crippen molar-refractivity contribution in [3.05, 3.63) is 0 Å². The molecule has 2 fully saturated rings. The Balaban J connectivity index is 1.88. The summed E-state index contributed by atoms with van der Waals surface area (Å²) in [6.07, 6.45) is 6.05. The molecule has 2 atom stereocenters. The summed E-state index contributed by atoms with van der Waals surface area (Å²) in [6, 6.07) is 0. The van der Waals surface area contributed by atoms with E-state index in [0.29, 0.717) is 0 Å². The third-order valence-electron chi connectivity index (χ3n) is 4.40. The zero-order chi connectivity index (χ0) is 14.8. The fraction of sp³-hybridized carbons (Fsp3) is 0.929. The van der Waals surface area contributed by atoms with Crippen molar-refractivity contribution >= 4 is 15.8 Å². The van der Waals surface area contributed by atoms with Gasteiger partial charge >= 0.3 is 5.97 Å². The van der Waals surface area contributed by atoms with Gasteiger partial charge in [0.05, 0.1) is 36.2 Å². The summed E-state index contributed by atoms with van der Waals surface area (Å²) < 4.78 is 34.9. The van der Waals surface area contributed by atoms with Gasteiger partial charge in [0.15, 0.2) is 9.84 Å². The van der Waals surface area contributed by atoms with E-state index in [-0.39, 0.29) is 23.2 Å². The lowest BCUT2D eigenvalue weighted by atomic mass is 9.98. The zero-order valence-corrected chi connectivity index (χ0v) is 13.1. The highest BCUT2D eigenvalue weighted by atomic mass is 32.2. The minimum absolute atomic E-state index is 0.0239. The Bertz CT molecular complexity index is 450. The van der Waals surface area contributed by atoms with E-state index < -0.39 is 21.7 Å². The molecule has 1 aliphatic heterocycles. The number of rotatable bonds is 5. The molecule has 0 aromatic carbocycles. The molecule has 1 saturated carbocycles. The fourth-order valence-electron chi connectivity index (χ4n) is 3.40. The number of carbonyl (C=O) groups excluding carboxylic acids is 1. The smallest absolute Gasteiger partial charge is 0.309 e. The minimum Gasteiger partial charge on any atom is -0.469 e. The van der Waals surface area contributed by atoms with Crippen molar-refractivity contribution in [3.8, 4) is 0 Å². The van der Waals surface area contributed by atoms with Crippen LogP contribution in [-0.4, -0.2) is 44.7 Å². The molecule has 1 aliphatic carbocycles. The van der Waals surface area contributed by atoms with E-state index in [9.17, 15) is 13.2 Å². The van der Waals surface area contributed by atoms with Crippen LogP contribution in [-0.2, 0) is 24.1 Å². The molecule has 0 N–H and O–H groups in total. The average molecular weight is 304 g/mol. The SMILES string of the molecule is COC(=O)C(C)CS(=O)(=O)CC1CCC2(CCCC2)O1. The van der Waals surface area contributed by atoms with E-state index in [4.69, 9.17) is 4.74 Å². The van der Waals surface area contributed by atoms with Gasteiger partial charge in [-0.3, -0.25) is 4.79 Å². The van der Waals surface area contributed by atoms with Crippen molar-refractivity contribution in [1.29, 1.82) is 0 Å². The number of methoxy groups -OCH3 is 1. The molecule has 1 heterocycles. The first-order valence-corrected chi connectivity index (χ1v) is 9.14. The van der Waals surface area contributed by atoms with Crippen LogP contribution < -0.4 is 0 Å². The van der Waals surface area contributed by atoms with E-state index in [1.165, 1.54) is 20.0 Å². The second kappa shape index (κ2) is 6.02. The molecule has 5 nitrogen and oxygen atoms in total. The molecule has 0 bridgehead atoms. The van der Waals surface area contributed by atoms with Crippen LogP contribution in [0.15, 0.2) is 0 Å². The van der Waals surface area contributed by atoms with Crippen LogP contribution in [0.3, 0.4) is 0 Å². The highest BCUT2D eigenvalue weighted by Gasteiger charge is 2.43. The first kappa shape index (κ1) is 15.8. The maximum Gasteiger partial charge on any atom is 0.309 e. The standard InChI is InChI=1S/C14H24O5S/c1-11(13(15)18-2)9-20(16,17)10-12-5-8-14(19-12)6-3-4-7-14/h11-12H,3-10H2,1-2H3. The van der Waals surface area contributed by atoms with Gasteiger partial charge in [-0.15, -0.1) is 0 Å². The summed E-state index contributed by atoms with van der Waals surface area (Å²) in [7, 11) is -2.02. The van der Waals surface area contributed by atoms with E-state index in [1.807, 2.05) is 0 Å². The number of hydrogen-bond acceptors (Lipinski definition) is 5. The summed E-state index contributed by atoms with van der Waals surface area (Å²) in [6.45, 7) is 1.58. The maximum absolute atomic E-state index is 12.1. The molecular formula is C14H24O5S. The van der Waals surface area contributed by atoms with Crippen molar-refractivity contribution in [2.45, 2.75) is 57.2 Å². The lowest BCUT2D eigenvalue weighted by Gasteiger charge is -2.23. The Morgan fingerprint density at radius 2 is 2.00 bits per heavy atom. The molecule has 0 aromatic heterocycles.